The van der Waals surface area contributed by atoms with Crippen LogP contribution in [0.3, 0.4) is 0 Å². The smallest absolute Gasteiger partial charge is 0.224 e. The van der Waals surface area contributed by atoms with E-state index in [1.165, 1.54) is 0 Å². The molecule has 0 bridgehead atoms. The zero-order valence-electron chi connectivity index (χ0n) is 10.8. The van der Waals surface area contributed by atoms with Crippen LogP contribution in [0.15, 0.2) is 6.20 Å². The Morgan fingerprint density at radius 3 is 2.71 bits per heavy atom. The zero-order chi connectivity index (χ0) is 12.6. The monoisotopic (exact) mass is 236 g/mol. The number of aromatic nitrogens is 2. The molecular formula is C12H20N4O. The SMILES string of the molecule is CNc1ncc(C)c(NC2CC(O)C2(C)C)n1. The van der Waals surface area contributed by atoms with Gasteiger partial charge in [0.15, 0.2) is 0 Å². The van der Waals surface area contributed by atoms with E-state index < -0.39 is 0 Å². The maximum atomic E-state index is 9.71. The van der Waals surface area contributed by atoms with Gasteiger partial charge in [-0.1, -0.05) is 13.8 Å². The third kappa shape index (κ3) is 2.07. The van der Waals surface area contributed by atoms with Crippen LogP contribution in [-0.4, -0.2) is 34.3 Å². The third-order valence-corrected chi connectivity index (χ3v) is 3.72. The molecule has 1 aliphatic carbocycles. The largest absolute Gasteiger partial charge is 0.392 e. The van der Waals surface area contributed by atoms with E-state index >= 15 is 0 Å². The van der Waals surface area contributed by atoms with Gasteiger partial charge in [-0.15, -0.1) is 0 Å². The van der Waals surface area contributed by atoms with Crippen LogP contribution >= 0.6 is 0 Å². The number of rotatable bonds is 3. The number of aliphatic hydroxyl groups is 1. The summed E-state index contributed by atoms with van der Waals surface area (Å²) in [7, 11) is 1.80. The van der Waals surface area contributed by atoms with Crippen molar-refractivity contribution in [2.45, 2.75) is 39.3 Å². The summed E-state index contributed by atoms with van der Waals surface area (Å²) in [5, 5.41) is 16.0. The second-order valence-corrected chi connectivity index (χ2v) is 5.25. The quantitative estimate of drug-likeness (QED) is 0.740. The van der Waals surface area contributed by atoms with Crippen molar-refractivity contribution in [1.29, 1.82) is 0 Å². The summed E-state index contributed by atoms with van der Waals surface area (Å²) in [5.41, 5.74) is 0.915. The molecule has 5 nitrogen and oxygen atoms in total. The van der Waals surface area contributed by atoms with E-state index in [0.717, 1.165) is 17.8 Å². The normalized spacial score (nSPS) is 26.2. The maximum absolute atomic E-state index is 9.71. The van der Waals surface area contributed by atoms with Gasteiger partial charge in [-0.25, -0.2) is 4.98 Å². The highest BCUT2D eigenvalue weighted by Gasteiger charge is 2.47. The van der Waals surface area contributed by atoms with Crippen LogP contribution in [-0.2, 0) is 0 Å². The molecule has 3 N–H and O–H groups in total. The predicted octanol–water partition coefficient (Wildman–Crippen LogP) is 1.40. The number of hydrogen-bond acceptors (Lipinski definition) is 5. The molecule has 1 aliphatic rings. The van der Waals surface area contributed by atoms with Gasteiger partial charge in [-0.3, -0.25) is 0 Å². The molecule has 1 fully saturated rings. The average molecular weight is 236 g/mol. The topological polar surface area (TPSA) is 70.1 Å². The van der Waals surface area contributed by atoms with Crippen molar-refractivity contribution >= 4 is 11.8 Å². The molecule has 0 amide bonds. The van der Waals surface area contributed by atoms with E-state index in [2.05, 4.69) is 34.4 Å². The first-order valence-corrected chi connectivity index (χ1v) is 5.91. The van der Waals surface area contributed by atoms with Gasteiger partial charge in [-0.05, 0) is 13.3 Å². The molecule has 2 unspecified atom stereocenters. The molecule has 1 aromatic heterocycles. The third-order valence-electron chi connectivity index (χ3n) is 3.72. The Hall–Kier alpha value is -1.36. The highest BCUT2D eigenvalue weighted by Crippen LogP contribution is 2.42. The van der Waals surface area contributed by atoms with E-state index in [-0.39, 0.29) is 17.6 Å². The lowest BCUT2D eigenvalue weighted by atomic mass is 9.64. The first-order chi connectivity index (χ1) is 7.95. The predicted molar refractivity (Wildman–Crippen MR) is 68.1 cm³/mol. The van der Waals surface area contributed by atoms with Gasteiger partial charge in [0.1, 0.15) is 5.82 Å². The molecule has 94 valence electrons. The van der Waals surface area contributed by atoms with Crippen LogP contribution in [0.1, 0.15) is 25.8 Å². The molecular weight excluding hydrogens is 216 g/mol. The van der Waals surface area contributed by atoms with Gasteiger partial charge in [0.25, 0.3) is 0 Å². The zero-order valence-corrected chi connectivity index (χ0v) is 10.8. The second kappa shape index (κ2) is 4.14. The van der Waals surface area contributed by atoms with E-state index in [9.17, 15) is 5.11 Å². The van der Waals surface area contributed by atoms with Crippen LogP contribution in [0.5, 0.6) is 0 Å². The second-order valence-electron chi connectivity index (χ2n) is 5.25. The molecule has 1 saturated carbocycles. The number of anilines is 2. The number of nitrogens with one attached hydrogen (secondary N) is 2. The molecule has 0 radical (unpaired) electrons. The summed E-state index contributed by atoms with van der Waals surface area (Å²) in [4.78, 5) is 8.54. The highest BCUT2D eigenvalue weighted by atomic mass is 16.3. The van der Waals surface area contributed by atoms with E-state index in [0.29, 0.717) is 5.95 Å². The van der Waals surface area contributed by atoms with Crippen LogP contribution in [0, 0.1) is 12.3 Å². The lowest BCUT2D eigenvalue weighted by Gasteiger charge is -2.49. The number of aryl methyl sites for hydroxylation is 1. The van der Waals surface area contributed by atoms with Gasteiger partial charge in [-0.2, -0.15) is 4.98 Å². The average Bonchev–Trinajstić information content (AvgIpc) is 2.31. The molecule has 1 aromatic rings. The van der Waals surface area contributed by atoms with Gasteiger partial charge in [0.05, 0.1) is 6.10 Å². The van der Waals surface area contributed by atoms with Crippen molar-refractivity contribution < 1.29 is 5.11 Å². The Labute approximate surface area is 102 Å². The van der Waals surface area contributed by atoms with Crippen molar-refractivity contribution in [3.05, 3.63) is 11.8 Å². The molecule has 2 rings (SSSR count). The van der Waals surface area contributed by atoms with Crippen molar-refractivity contribution in [2.24, 2.45) is 5.41 Å². The van der Waals surface area contributed by atoms with Crippen molar-refractivity contribution in [2.75, 3.05) is 17.7 Å². The van der Waals surface area contributed by atoms with Crippen molar-refractivity contribution in [3.8, 4) is 0 Å². The van der Waals surface area contributed by atoms with Crippen LogP contribution in [0.25, 0.3) is 0 Å². The van der Waals surface area contributed by atoms with Crippen LogP contribution in [0.2, 0.25) is 0 Å². The molecule has 17 heavy (non-hydrogen) atoms. The fraction of sp³-hybridized carbons (Fsp3) is 0.667. The lowest BCUT2D eigenvalue weighted by Crippen LogP contribution is -2.57. The lowest BCUT2D eigenvalue weighted by molar-refractivity contribution is -0.0511. The Kier molecular flexibility index (Phi) is 2.95. The highest BCUT2D eigenvalue weighted by molar-refractivity contribution is 5.48. The van der Waals surface area contributed by atoms with Crippen molar-refractivity contribution in [1.82, 2.24) is 9.97 Å². The molecule has 1 heterocycles. The van der Waals surface area contributed by atoms with E-state index in [1.54, 1.807) is 13.2 Å². The standard InChI is InChI=1S/C12H20N4O/c1-7-6-14-11(13-4)16-10(7)15-8-5-9(17)12(8,2)3/h6,8-9,17H,5H2,1-4H3,(H2,13,14,15,16). The van der Waals surface area contributed by atoms with Crippen LogP contribution in [0.4, 0.5) is 11.8 Å². The van der Waals surface area contributed by atoms with E-state index in [1.807, 2.05) is 6.92 Å². The summed E-state index contributed by atoms with van der Waals surface area (Å²) < 4.78 is 0. The van der Waals surface area contributed by atoms with E-state index in [4.69, 9.17) is 0 Å². The molecule has 0 aromatic carbocycles. The minimum Gasteiger partial charge on any atom is -0.392 e. The maximum Gasteiger partial charge on any atom is 0.224 e. The fourth-order valence-corrected chi connectivity index (χ4v) is 2.02. The summed E-state index contributed by atoms with van der Waals surface area (Å²) in [6.07, 6.45) is 2.33. The van der Waals surface area contributed by atoms with Crippen LogP contribution < -0.4 is 10.6 Å². The Bertz CT molecular complexity index is 419. The van der Waals surface area contributed by atoms with Gasteiger partial charge >= 0.3 is 0 Å². The molecule has 0 aliphatic heterocycles. The Balaban J connectivity index is 2.14. The Morgan fingerprint density at radius 2 is 2.18 bits per heavy atom. The number of nitrogens with zero attached hydrogens (tertiary/aromatic N) is 2. The summed E-state index contributed by atoms with van der Waals surface area (Å²) in [6.45, 7) is 6.10. The number of hydrogen-bond donors (Lipinski definition) is 3. The summed E-state index contributed by atoms with van der Waals surface area (Å²) >= 11 is 0. The minimum atomic E-state index is -0.231. The fourth-order valence-electron chi connectivity index (χ4n) is 2.02. The Morgan fingerprint density at radius 1 is 1.47 bits per heavy atom. The molecule has 2 atom stereocenters. The molecule has 0 spiro atoms. The first-order valence-electron chi connectivity index (χ1n) is 5.91. The van der Waals surface area contributed by atoms with Gasteiger partial charge < -0.3 is 15.7 Å². The van der Waals surface area contributed by atoms with Gasteiger partial charge in [0.2, 0.25) is 5.95 Å². The number of aliphatic hydroxyl groups excluding tert-OH is 1. The molecule has 5 heteroatoms. The van der Waals surface area contributed by atoms with Gasteiger partial charge in [0, 0.05) is 30.3 Å². The molecule has 0 saturated heterocycles. The first kappa shape index (κ1) is 12.1. The summed E-state index contributed by atoms with van der Waals surface area (Å²) in [5.74, 6) is 1.45. The summed E-state index contributed by atoms with van der Waals surface area (Å²) in [6, 6.07) is 0.260. The minimum absolute atomic E-state index is 0.100. The van der Waals surface area contributed by atoms with Crippen molar-refractivity contribution in [3.63, 3.8) is 0 Å².